The lowest BCUT2D eigenvalue weighted by molar-refractivity contribution is 0.0637. The van der Waals surface area contributed by atoms with Crippen LogP contribution >= 0.6 is 0 Å². The van der Waals surface area contributed by atoms with Gasteiger partial charge in [-0.05, 0) is 33.9 Å². The summed E-state index contributed by atoms with van der Waals surface area (Å²) in [6.07, 6.45) is 6.60. The number of hydrogen-bond acceptors (Lipinski definition) is 3. The van der Waals surface area contributed by atoms with Crippen molar-refractivity contribution in [2.45, 2.75) is 50.6 Å². The Kier molecular flexibility index (Phi) is 3.71. The van der Waals surface area contributed by atoms with E-state index in [1.165, 1.54) is 32.1 Å². The number of nitrogens with one attached hydrogen (secondary N) is 1. The van der Waals surface area contributed by atoms with Crippen LogP contribution in [0.2, 0.25) is 0 Å². The van der Waals surface area contributed by atoms with Gasteiger partial charge < -0.3 is 4.90 Å². The third-order valence-corrected chi connectivity index (χ3v) is 3.67. The first-order valence-electron chi connectivity index (χ1n) is 5.27. The molecule has 0 amide bonds. The van der Waals surface area contributed by atoms with Crippen molar-refractivity contribution in [1.29, 1.82) is 0 Å². The molecule has 0 aromatic carbocycles. The minimum Gasteiger partial charge on any atom is -0.302 e. The predicted octanol–water partition coefficient (Wildman–Crippen LogP) is 1.10. The summed E-state index contributed by atoms with van der Waals surface area (Å²) in [7, 11) is 4.33. The predicted molar refractivity (Wildman–Crippen MR) is 56.3 cm³/mol. The third-order valence-electron chi connectivity index (χ3n) is 3.67. The highest BCUT2D eigenvalue weighted by molar-refractivity contribution is 4.97. The van der Waals surface area contributed by atoms with Gasteiger partial charge in [-0.25, -0.2) is 0 Å². The summed E-state index contributed by atoms with van der Waals surface area (Å²) < 4.78 is 0. The van der Waals surface area contributed by atoms with Crippen LogP contribution in [0.25, 0.3) is 0 Å². The molecule has 1 atom stereocenters. The lowest BCUT2D eigenvalue weighted by Gasteiger charge is -2.47. The fourth-order valence-corrected chi connectivity index (χ4v) is 2.59. The van der Waals surface area contributed by atoms with Crippen LogP contribution in [-0.2, 0) is 0 Å². The lowest BCUT2D eigenvalue weighted by Crippen LogP contribution is -2.60. The highest BCUT2D eigenvalue weighted by atomic mass is 15.3. The summed E-state index contributed by atoms with van der Waals surface area (Å²) in [6, 6.07) is 0.378. The molecule has 3 heteroatoms. The van der Waals surface area contributed by atoms with Gasteiger partial charge >= 0.3 is 0 Å². The van der Waals surface area contributed by atoms with E-state index in [0.29, 0.717) is 6.04 Å². The Bertz CT molecular complexity index is 150. The largest absolute Gasteiger partial charge is 0.302 e. The maximum atomic E-state index is 5.55. The summed E-state index contributed by atoms with van der Waals surface area (Å²) in [5.41, 5.74) is 3.20. The van der Waals surface area contributed by atoms with Gasteiger partial charge in [-0.3, -0.25) is 11.3 Å². The molecule has 78 valence electrons. The van der Waals surface area contributed by atoms with Crippen LogP contribution in [0.15, 0.2) is 0 Å². The average molecular weight is 185 g/mol. The van der Waals surface area contributed by atoms with Gasteiger partial charge in [0.15, 0.2) is 0 Å². The van der Waals surface area contributed by atoms with Crippen molar-refractivity contribution >= 4 is 0 Å². The SMILES string of the molecule is CC(NN)C1(N(C)C)CCCCC1. The van der Waals surface area contributed by atoms with Gasteiger partial charge in [0, 0.05) is 11.6 Å². The molecule has 1 saturated carbocycles. The van der Waals surface area contributed by atoms with Crippen LogP contribution in [0.1, 0.15) is 39.0 Å². The van der Waals surface area contributed by atoms with E-state index in [0.717, 1.165) is 0 Å². The molecule has 1 unspecified atom stereocenters. The zero-order chi connectivity index (χ0) is 9.90. The minimum absolute atomic E-state index is 0.285. The van der Waals surface area contributed by atoms with Gasteiger partial charge in [-0.15, -0.1) is 0 Å². The Morgan fingerprint density at radius 3 is 2.15 bits per heavy atom. The van der Waals surface area contributed by atoms with E-state index in [4.69, 9.17) is 5.84 Å². The van der Waals surface area contributed by atoms with Gasteiger partial charge in [0.05, 0.1) is 0 Å². The zero-order valence-electron chi connectivity index (χ0n) is 9.14. The lowest BCUT2D eigenvalue weighted by atomic mass is 9.76. The number of hydrazine groups is 1. The summed E-state index contributed by atoms with van der Waals surface area (Å²) in [4.78, 5) is 2.34. The smallest absolute Gasteiger partial charge is 0.0367 e. The van der Waals surface area contributed by atoms with Gasteiger partial charge in [0.25, 0.3) is 0 Å². The maximum absolute atomic E-state index is 5.55. The number of nitrogens with zero attached hydrogens (tertiary/aromatic N) is 1. The topological polar surface area (TPSA) is 41.3 Å². The van der Waals surface area contributed by atoms with E-state index >= 15 is 0 Å². The van der Waals surface area contributed by atoms with E-state index in [9.17, 15) is 0 Å². The first-order valence-corrected chi connectivity index (χ1v) is 5.27. The number of nitrogens with two attached hydrogens (primary N) is 1. The van der Waals surface area contributed by atoms with Gasteiger partial charge in [0.1, 0.15) is 0 Å². The van der Waals surface area contributed by atoms with Gasteiger partial charge in [0.2, 0.25) is 0 Å². The van der Waals surface area contributed by atoms with Crippen molar-refractivity contribution in [1.82, 2.24) is 10.3 Å². The van der Waals surface area contributed by atoms with Crippen molar-refractivity contribution < 1.29 is 0 Å². The summed E-state index contributed by atoms with van der Waals surface area (Å²) in [5.74, 6) is 5.55. The molecule has 1 aliphatic rings. The second-order valence-electron chi connectivity index (χ2n) is 4.45. The van der Waals surface area contributed by atoms with Crippen LogP contribution in [0.3, 0.4) is 0 Å². The van der Waals surface area contributed by atoms with Crippen molar-refractivity contribution in [2.24, 2.45) is 5.84 Å². The van der Waals surface area contributed by atoms with Crippen LogP contribution < -0.4 is 11.3 Å². The Balaban J connectivity index is 2.72. The third kappa shape index (κ3) is 2.03. The summed E-state index contributed by atoms with van der Waals surface area (Å²) >= 11 is 0. The Morgan fingerprint density at radius 2 is 1.77 bits per heavy atom. The molecular weight excluding hydrogens is 162 g/mol. The number of rotatable bonds is 3. The Morgan fingerprint density at radius 1 is 1.23 bits per heavy atom. The zero-order valence-corrected chi connectivity index (χ0v) is 9.14. The molecule has 0 saturated heterocycles. The molecule has 1 aliphatic carbocycles. The molecule has 0 aromatic heterocycles. The first kappa shape index (κ1) is 11.0. The highest BCUT2D eigenvalue weighted by Gasteiger charge is 2.38. The van der Waals surface area contributed by atoms with Crippen molar-refractivity contribution in [3.05, 3.63) is 0 Å². The van der Waals surface area contributed by atoms with E-state index in [1.807, 2.05) is 0 Å². The number of hydrogen-bond donors (Lipinski definition) is 2. The van der Waals surface area contributed by atoms with Gasteiger partial charge in [-0.2, -0.15) is 0 Å². The molecule has 1 rings (SSSR count). The molecule has 0 spiro atoms. The standard InChI is InChI=1S/C10H23N3/c1-9(12-11)10(13(2)3)7-5-4-6-8-10/h9,12H,4-8,11H2,1-3H3. The highest BCUT2D eigenvalue weighted by Crippen LogP contribution is 2.34. The van der Waals surface area contributed by atoms with E-state index in [1.54, 1.807) is 0 Å². The second-order valence-corrected chi connectivity index (χ2v) is 4.45. The van der Waals surface area contributed by atoms with Crippen molar-refractivity contribution in [3.8, 4) is 0 Å². The van der Waals surface area contributed by atoms with E-state index in [-0.39, 0.29) is 5.54 Å². The van der Waals surface area contributed by atoms with Crippen LogP contribution in [0.4, 0.5) is 0 Å². The molecule has 0 radical (unpaired) electrons. The quantitative estimate of drug-likeness (QED) is 0.511. The fraction of sp³-hybridized carbons (Fsp3) is 1.00. The molecule has 13 heavy (non-hydrogen) atoms. The monoisotopic (exact) mass is 185 g/mol. The molecule has 3 N–H and O–H groups in total. The van der Waals surface area contributed by atoms with Gasteiger partial charge in [-0.1, -0.05) is 19.3 Å². The molecular formula is C10H23N3. The number of likely N-dealkylation sites (N-methyl/N-ethyl adjacent to an activating group) is 1. The van der Waals surface area contributed by atoms with Crippen molar-refractivity contribution in [2.75, 3.05) is 14.1 Å². The molecule has 0 heterocycles. The van der Waals surface area contributed by atoms with E-state index < -0.39 is 0 Å². The minimum atomic E-state index is 0.285. The van der Waals surface area contributed by atoms with Crippen LogP contribution in [0, 0.1) is 0 Å². The molecule has 3 nitrogen and oxygen atoms in total. The average Bonchev–Trinajstić information content (AvgIpc) is 2.17. The normalized spacial score (nSPS) is 24.7. The van der Waals surface area contributed by atoms with Crippen molar-refractivity contribution in [3.63, 3.8) is 0 Å². The van der Waals surface area contributed by atoms with Crippen LogP contribution in [-0.4, -0.2) is 30.6 Å². The summed E-state index contributed by atoms with van der Waals surface area (Å²) in [6.45, 7) is 2.19. The summed E-state index contributed by atoms with van der Waals surface area (Å²) in [5, 5.41) is 0. The Hall–Kier alpha value is -0.120. The van der Waals surface area contributed by atoms with Crippen LogP contribution in [0.5, 0.6) is 0 Å². The fourth-order valence-electron chi connectivity index (χ4n) is 2.59. The second kappa shape index (κ2) is 4.40. The molecule has 0 aromatic rings. The molecule has 0 bridgehead atoms. The molecule has 0 aliphatic heterocycles. The maximum Gasteiger partial charge on any atom is 0.0367 e. The first-order chi connectivity index (χ1) is 6.13. The molecule has 1 fully saturated rings. The van der Waals surface area contributed by atoms with E-state index in [2.05, 4.69) is 31.3 Å². The Labute approximate surface area is 81.6 Å².